The molecule has 0 N–H and O–H groups in total. The summed E-state index contributed by atoms with van der Waals surface area (Å²) in [4.78, 5) is 0. The lowest BCUT2D eigenvalue weighted by atomic mass is 9.85. The number of rotatable bonds is 7. The van der Waals surface area contributed by atoms with Crippen LogP contribution in [0.2, 0.25) is 0 Å². The summed E-state index contributed by atoms with van der Waals surface area (Å²) in [7, 11) is 1.70. The number of hydrogen-bond donors (Lipinski definition) is 0. The van der Waals surface area contributed by atoms with Gasteiger partial charge in [-0.3, -0.25) is 0 Å². The normalized spacial score (nSPS) is 18.9. The molecular weight excluding hydrogens is 190 g/mol. The smallest absolute Gasteiger partial charge is 0.0690 e. The van der Waals surface area contributed by atoms with Crippen molar-refractivity contribution in [3.05, 3.63) is 0 Å². The van der Waals surface area contributed by atoms with Gasteiger partial charge in [0.25, 0.3) is 0 Å². The molecule has 0 spiro atoms. The van der Waals surface area contributed by atoms with Crippen LogP contribution in [-0.2, 0) is 9.47 Å². The second kappa shape index (κ2) is 6.81. The number of hydrogen-bond acceptors (Lipinski definition) is 3. The molecule has 86 valence electrons. The summed E-state index contributed by atoms with van der Waals surface area (Å²) in [5.74, 6) is 0. The van der Waals surface area contributed by atoms with Crippen molar-refractivity contribution >= 4 is 0 Å². The average Bonchev–Trinajstić information content (AvgIpc) is 2.73. The molecule has 0 amide bonds. The number of nitriles is 1. The molecule has 0 radical (unpaired) electrons. The Balaban J connectivity index is 2.06. The largest absolute Gasteiger partial charge is 0.385 e. The standard InChI is InChI=1S/C12H21NO2/c1-14-8-4-9-15-10-7-12(11-13)5-2-3-6-12/h2-10H2,1H3. The zero-order valence-electron chi connectivity index (χ0n) is 9.63. The van der Waals surface area contributed by atoms with Gasteiger partial charge in [0, 0.05) is 26.9 Å². The third-order valence-corrected chi connectivity index (χ3v) is 3.16. The molecule has 3 heteroatoms. The first kappa shape index (κ1) is 12.5. The molecule has 0 aromatic heterocycles. The second-order valence-corrected chi connectivity index (χ2v) is 4.31. The number of nitrogens with zero attached hydrogens (tertiary/aromatic N) is 1. The molecular formula is C12H21NO2. The molecule has 0 bridgehead atoms. The first-order chi connectivity index (χ1) is 7.33. The number of ether oxygens (including phenoxy) is 2. The lowest BCUT2D eigenvalue weighted by Crippen LogP contribution is -2.16. The molecule has 0 unspecified atom stereocenters. The minimum atomic E-state index is -0.0682. The molecule has 0 atom stereocenters. The van der Waals surface area contributed by atoms with Gasteiger partial charge in [0.2, 0.25) is 0 Å². The lowest BCUT2D eigenvalue weighted by Gasteiger charge is -2.19. The van der Waals surface area contributed by atoms with Crippen LogP contribution in [0.15, 0.2) is 0 Å². The summed E-state index contributed by atoms with van der Waals surface area (Å²) in [6.07, 6.45) is 6.37. The molecule has 0 aliphatic heterocycles. The van der Waals surface area contributed by atoms with Gasteiger partial charge < -0.3 is 9.47 Å². The zero-order valence-corrected chi connectivity index (χ0v) is 9.63. The fraction of sp³-hybridized carbons (Fsp3) is 0.917. The van der Waals surface area contributed by atoms with Gasteiger partial charge in [-0.05, 0) is 25.7 Å². The fourth-order valence-corrected chi connectivity index (χ4v) is 2.14. The molecule has 1 rings (SSSR count). The van der Waals surface area contributed by atoms with Crippen molar-refractivity contribution in [1.29, 1.82) is 5.26 Å². The Morgan fingerprint density at radius 3 is 2.53 bits per heavy atom. The highest BCUT2D eigenvalue weighted by molar-refractivity contribution is 5.01. The summed E-state index contributed by atoms with van der Waals surface area (Å²) < 4.78 is 10.4. The van der Waals surface area contributed by atoms with Crippen molar-refractivity contribution < 1.29 is 9.47 Å². The van der Waals surface area contributed by atoms with Gasteiger partial charge in [0.15, 0.2) is 0 Å². The van der Waals surface area contributed by atoms with Gasteiger partial charge in [-0.25, -0.2) is 0 Å². The molecule has 0 aromatic rings. The fourth-order valence-electron chi connectivity index (χ4n) is 2.14. The van der Waals surface area contributed by atoms with Crippen molar-refractivity contribution in [2.24, 2.45) is 5.41 Å². The maximum absolute atomic E-state index is 9.13. The summed E-state index contributed by atoms with van der Waals surface area (Å²) in [5, 5.41) is 9.13. The van der Waals surface area contributed by atoms with Gasteiger partial charge in [0.05, 0.1) is 11.5 Å². The van der Waals surface area contributed by atoms with E-state index >= 15 is 0 Å². The highest BCUT2D eigenvalue weighted by atomic mass is 16.5. The monoisotopic (exact) mass is 211 g/mol. The van der Waals surface area contributed by atoms with Crippen LogP contribution in [0.3, 0.4) is 0 Å². The van der Waals surface area contributed by atoms with Crippen molar-refractivity contribution in [2.45, 2.75) is 38.5 Å². The third kappa shape index (κ3) is 4.19. The van der Waals surface area contributed by atoms with Crippen LogP contribution in [0.1, 0.15) is 38.5 Å². The van der Waals surface area contributed by atoms with Crippen molar-refractivity contribution in [3.8, 4) is 6.07 Å². The summed E-state index contributed by atoms with van der Waals surface area (Å²) in [6.45, 7) is 2.22. The van der Waals surface area contributed by atoms with Crippen LogP contribution in [0.5, 0.6) is 0 Å². The second-order valence-electron chi connectivity index (χ2n) is 4.31. The predicted octanol–water partition coefficient (Wildman–Crippen LogP) is 2.51. The Labute approximate surface area is 92.4 Å². The lowest BCUT2D eigenvalue weighted by molar-refractivity contribution is 0.0868. The van der Waals surface area contributed by atoms with E-state index in [1.165, 1.54) is 12.8 Å². The Hall–Kier alpha value is -0.590. The molecule has 1 fully saturated rings. The van der Waals surface area contributed by atoms with Crippen LogP contribution < -0.4 is 0 Å². The minimum absolute atomic E-state index is 0.0682. The van der Waals surface area contributed by atoms with Gasteiger partial charge in [-0.2, -0.15) is 5.26 Å². The van der Waals surface area contributed by atoms with Crippen LogP contribution in [0.4, 0.5) is 0 Å². The quantitative estimate of drug-likeness (QED) is 0.608. The van der Waals surface area contributed by atoms with Crippen molar-refractivity contribution in [2.75, 3.05) is 26.9 Å². The Bertz CT molecular complexity index is 204. The first-order valence-corrected chi connectivity index (χ1v) is 5.81. The van der Waals surface area contributed by atoms with Gasteiger partial charge >= 0.3 is 0 Å². The summed E-state index contributed by atoms with van der Waals surface area (Å²) in [5.41, 5.74) is -0.0682. The van der Waals surface area contributed by atoms with E-state index in [9.17, 15) is 0 Å². The molecule has 1 saturated carbocycles. The van der Waals surface area contributed by atoms with Crippen molar-refractivity contribution in [3.63, 3.8) is 0 Å². The maximum Gasteiger partial charge on any atom is 0.0690 e. The predicted molar refractivity (Wildman–Crippen MR) is 58.4 cm³/mol. The van der Waals surface area contributed by atoms with Gasteiger partial charge in [-0.15, -0.1) is 0 Å². The topological polar surface area (TPSA) is 42.2 Å². The SMILES string of the molecule is COCCCOCCC1(C#N)CCCC1. The van der Waals surface area contributed by atoms with E-state index in [4.69, 9.17) is 14.7 Å². The maximum atomic E-state index is 9.13. The van der Waals surface area contributed by atoms with Gasteiger partial charge in [-0.1, -0.05) is 12.8 Å². The molecule has 1 aliphatic rings. The van der Waals surface area contributed by atoms with E-state index in [1.54, 1.807) is 7.11 Å². The first-order valence-electron chi connectivity index (χ1n) is 5.81. The van der Waals surface area contributed by atoms with Crippen LogP contribution in [0, 0.1) is 16.7 Å². The third-order valence-electron chi connectivity index (χ3n) is 3.16. The van der Waals surface area contributed by atoms with E-state index in [0.717, 1.165) is 45.5 Å². The Kier molecular flexibility index (Phi) is 5.67. The molecule has 0 heterocycles. The highest BCUT2D eigenvalue weighted by Gasteiger charge is 2.33. The van der Waals surface area contributed by atoms with E-state index < -0.39 is 0 Å². The average molecular weight is 211 g/mol. The van der Waals surface area contributed by atoms with E-state index in [1.807, 2.05) is 0 Å². The molecule has 3 nitrogen and oxygen atoms in total. The molecule has 1 aliphatic carbocycles. The molecule has 0 aromatic carbocycles. The molecule has 15 heavy (non-hydrogen) atoms. The van der Waals surface area contributed by atoms with Gasteiger partial charge in [0.1, 0.15) is 0 Å². The van der Waals surface area contributed by atoms with Crippen LogP contribution in [-0.4, -0.2) is 26.9 Å². The van der Waals surface area contributed by atoms with Crippen LogP contribution >= 0.6 is 0 Å². The Morgan fingerprint density at radius 2 is 1.93 bits per heavy atom. The number of methoxy groups -OCH3 is 1. The van der Waals surface area contributed by atoms with Crippen molar-refractivity contribution in [1.82, 2.24) is 0 Å². The Morgan fingerprint density at radius 1 is 1.20 bits per heavy atom. The van der Waals surface area contributed by atoms with E-state index in [0.29, 0.717) is 0 Å². The summed E-state index contributed by atoms with van der Waals surface area (Å²) >= 11 is 0. The van der Waals surface area contributed by atoms with Crippen LogP contribution in [0.25, 0.3) is 0 Å². The minimum Gasteiger partial charge on any atom is -0.385 e. The zero-order chi connectivity index (χ0) is 11.0. The highest BCUT2D eigenvalue weighted by Crippen LogP contribution is 2.40. The van der Waals surface area contributed by atoms with E-state index in [-0.39, 0.29) is 5.41 Å². The summed E-state index contributed by atoms with van der Waals surface area (Å²) in [6, 6.07) is 2.47. The van der Waals surface area contributed by atoms with E-state index in [2.05, 4.69) is 6.07 Å². The molecule has 0 saturated heterocycles.